The molecule has 0 N–H and O–H groups in total. The molecule has 1 amide bonds. The summed E-state index contributed by atoms with van der Waals surface area (Å²) in [5, 5.41) is 8.54. The molecule has 2 aliphatic heterocycles. The number of hydrogen-bond donors (Lipinski definition) is 0. The van der Waals surface area contributed by atoms with E-state index in [0.29, 0.717) is 23.8 Å². The molecule has 3 heterocycles. The molecule has 0 bridgehead atoms. The van der Waals surface area contributed by atoms with Crippen molar-refractivity contribution in [3.63, 3.8) is 0 Å². The van der Waals surface area contributed by atoms with E-state index in [1.807, 2.05) is 13.0 Å². The minimum absolute atomic E-state index is 0.173. The van der Waals surface area contributed by atoms with Gasteiger partial charge in [-0.3, -0.25) is 4.79 Å². The quantitative estimate of drug-likeness (QED) is 0.838. The van der Waals surface area contributed by atoms with E-state index in [0.717, 1.165) is 50.7 Å². The molecule has 136 valence electrons. The second kappa shape index (κ2) is 6.90. The van der Waals surface area contributed by atoms with Gasteiger partial charge in [-0.1, -0.05) is 0 Å². The summed E-state index contributed by atoms with van der Waals surface area (Å²) in [6.07, 6.45) is 4.15. The molecule has 6 nitrogen and oxygen atoms in total. The van der Waals surface area contributed by atoms with Gasteiger partial charge in [0.2, 0.25) is 5.91 Å². The molecule has 3 fully saturated rings. The number of aromatic nitrogens is 2. The molecular formula is C19H28N4O2. The third-order valence-corrected chi connectivity index (χ3v) is 6.34. The predicted molar refractivity (Wildman–Crippen MR) is 95.3 cm³/mol. The van der Waals surface area contributed by atoms with Gasteiger partial charge in [0.25, 0.3) is 0 Å². The molecule has 4 rings (SSSR count). The number of carbonyl (C=O) groups excluding carboxylic acids is 1. The first-order valence-corrected chi connectivity index (χ1v) is 9.53. The van der Waals surface area contributed by atoms with Crippen molar-refractivity contribution in [3.8, 4) is 0 Å². The Morgan fingerprint density at radius 1 is 1.16 bits per heavy atom. The average molecular weight is 344 g/mol. The zero-order valence-corrected chi connectivity index (χ0v) is 15.2. The third kappa shape index (κ3) is 3.24. The van der Waals surface area contributed by atoms with Gasteiger partial charge in [-0.2, -0.15) is 5.10 Å². The number of likely N-dealkylation sites (tertiary alicyclic amines) is 1. The molecule has 25 heavy (non-hydrogen) atoms. The van der Waals surface area contributed by atoms with Gasteiger partial charge < -0.3 is 14.5 Å². The van der Waals surface area contributed by atoms with Gasteiger partial charge >= 0.3 is 0 Å². The predicted octanol–water partition coefficient (Wildman–Crippen LogP) is 1.88. The van der Waals surface area contributed by atoms with Crippen molar-refractivity contribution < 1.29 is 9.53 Å². The second-order valence-electron chi connectivity index (χ2n) is 7.84. The fourth-order valence-electron chi connectivity index (χ4n) is 4.85. The highest BCUT2D eigenvalue weighted by molar-refractivity contribution is 5.79. The monoisotopic (exact) mass is 344 g/mol. The number of hydrogen-bond acceptors (Lipinski definition) is 5. The smallest absolute Gasteiger partial charge is 0.225 e. The zero-order valence-electron chi connectivity index (χ0n) is 15.2. The van der Waals surface area contributed by atoms with E-state index in [1.165, 1.54) is 12.8 Å². The summed E-state index contributed by atoms with van der Waals surface area (Å²) in [5.74, 6) is 2.65. The summed E-state index contributed by atoms with van der Waals surface area (Å²) in [6, 6.07) is 4.52. The van der Waals surface area contributed by atoms with E-state index in [9.17, 15) is 4.79 Å². The van der Waals surface area contributed by atoms with Crippen molar-refractivity contribution in [2.24, 2.45) is 17.8 Å². The molecule has 3 atom stereocenters. The van der Waals surface area contributed by atoms with Gasteiger partial charge in [-0.25, -0.2) is 0 Å². The Hall–Kier alpha value is -1.69. The average Bonchev–Trinajstić information content (AvgIpc) is 3.22. The molecule has 3 aliphatic rings. The van der Waals surface area contributed by atoms with Gasteiger partial charge in [0.15, 0.2) is 5.82 Å². The van der Waals surface area contributed by atoms with Crippen LogP contribution in [0.3, 0.4) is 0 Å². The van der Waals surface area contributed by atoms with Crippen LogP contribution in [-0.2, 0) is 9.53 Å². The Bertz CT molecular complexity index is 614. The van der Waals surface area contributed by atoms with Crippen LogP contribution in [0.5, 0.6) is 0 Å². The van der Waals surface area contributed by atoms with E-state index in [2.05, 4.69) is 33.1 Å². The molecule has 1 aliphatic carbocycles. The zero-order chi connectivity index (χ0) is 17.4. The molecule has 1 saturated carbocycles. The lowest BCUT2D eigenvalue weighted by Gasteiger charge is -2.31. The van der Waals surface area contributed by atoms with Crippen molar-refractivity contribution in [2.45, 2.75) is 38.6 Å². The number of aryl methyl sites for hydroxylation is 1. The van der Waals surface area contributed by atoms with Crippen LogP contribution in [0.25, 0.3) is 0 Å². The number of fused-ring (bicyclic) bond motifs is 1. The lowest BCUT2D eigenvalue weighted by molar-refractivity contribution is -0.137. The highest BCUT2D eigenvalue weighted by Crippen LogP contribution is 2.41. The maximum Gasteiger partial charge on any atom is 0.225 e. The fourth-order valence-corrected chi connectivity index (χ4v) is 4.85. The van der Waals surface area contributed by atoms with E-state index in [1.54, 1.807) is 0 Å². The van der Waals surface area contributed by atoms with Crippen LogP contribution in [-0.4, -0.2) is 60.4 Å². The largest absolute Gasteiger partial charge is 0.381 e. The number of ether oxygens (including phenoxy) is 1. The molecule has 0 spiro atoms. The van der Waals surface area contributed by atoms with Crippen LogP contribution in [0.1, 0.15) is 31.4 Å². The minimum atomic E-state index is 0.173. The van der Waals surface area contributed by atoms with Crippen LogP contribution in [0.4, 0.5) is 5.82 Å². The summed E-state index contributed by atoms with van der Waals surface area (Å²) in [6.45, 7) is 5.25. The summed E-state index contributed by atoms with van der Waals surface area (Å²) in [5.41, 5.74) is 0.940. The molecule has 1 aromatic rings. The number of amides is 1. The Morgan fingerprint density at radius 3 is 2.68 bits per heavy atom. The molecule has 2 saturated heterocycles. The first-order chi connectivity index (χ1) is 12.1. The molecular weight excluding hydrogens is 316 g/mol. The highest BCUT2D eigenvalue weighted by Gasteiger charge is 2.46. The standard InChI is InChI=1S/C19H28N4O2/c1-13-3-6-18(21-20-13)22(2)17-5-4-15-11-23(12-16(15)17)19(24)14-7-9-25-10-8-14/h3,6,14-17H,4-5,7-12H2,1-2H3/t15-,16+,17-/m1/s1. The number of rotatable bonds is 3. The topological polar surface area (TPSA) is 58.6 Å². The van der Waals surface area contributed by atoms with Gasteiger partial charge in [0, 0.05) is 51.2 Å². The number of nitrogens with zero attached hydrogens (tertiary/aromatic N) is 4. The third-order valence-electron chi connectivity index (χ3n) is 6.34. The summed E-state index contributed by atoms with van der Waals surface area (Å²) in [4.78, 5) is 17.3. The maximum absolute atomic E-state index is 12.8. The SMILES string of the molecule is Cc1ccc(N(C)[C@@H]2CC[C@@H]3CN(C(=O)C4CCOCC4)C[C@@H]32)nn1. The summed E-state index contributed by atoms with van der Waals surface area (Å²) < 4.78 is 5.40. The van der Waals surface area contributed by atoms with Crippen LogP contribution < -0.4 is 4.90 Å². The molecule has 0 aromatic carbocycles. The van der Waals surface area contributed by atoms with E-state index < -0.39 is 0 Å². The van der Waals surface area contributed by atoms with E-state index >= 15 is 0 Å². The fraction of sp³-hybridized carbons (Fsp3) is 0.737. The van der Waals surface area contributed by atoms with Crippen molar-refractivity contribution >= 4 is 11.7 Å². The van der Waals surface area contributed by atoms with E-state index in [-0.39, 0.29) is 5.92 Å². The molecule has 0 unspecified atom stereocenters. The normalized spacial score (nSPS) is 29.7. The van der Waals surface area contributed by atoms with Crippen molar-refractivity contribution in [2.75, 3.05) is 38.3 Å². The van der Waals surface area contributed by atoms with Crippen molar-refractivity contribution in [1.29, 1.82) is 0 Å². The molecule has 0 radical (unpaired) electrons. The van der Waals surface area contributed by atoms with Gasteiger partial charge in [0.1, 0.15) is 0 Å². The summed E-state index contributed by atoms with van der Waals surface area (Å²) >= 11 is 0. The van der Waals surface area contributed by atoms with E-state index in [4.69, 9.17) is 4.74 Å². The van der Waals surface area contributed by atoms with Crippen LogP contribution >= 0.6 is 0 Å². The lowest BCUT2D eigenvalue weighted by atomic mass is 9.97. The first-order valence-electron chi connectivity index (χ1n) is 9.53. The van der Waals surface area contributed by atoms with Crippen LogP contribution in [0.2, 0.25) is 0 Å². The second-order valence-corrected chi connectivity index (χ2v) is 7.84. The Balaban J connectivity index is 1.42. The van der Waals surface area contributed by atoms with Crippen LogP contribution in [0.15, 0.2) is 12.1 Å². The minimum Gasteiger partial charge on any atom is -0.381 e. The number of anilines is 1. The molecule has 6 heteroatoms. The maximum atomic E-state index is 12.8. The summed E-state index contributed by atoms with van der Waals surface area (Å²) in [7, 11) is 2.12. The highest BCUT2D eigenvalue weighted by atomic mass is 16.5. The number of carbonyl (C=O) groups is 1. The van der Waals surface area contributed by atoms with Gasteiger partial charge in [-0.15, -0.1) is 5.10 Å². The van der Waals surface area contributed by atoms with Crippen LogP contribution in [0, 0.1) is 24.7 Å². The molecule has 1 aromatic heterocycles. The van der Waals surface area contributed by atoms with Gasteiger partial charge in [0.05, 0.1) is 5.69 Å². The Labute approximate surface area is 149 Å². The lowest BCUT2D eigenvalue weighted by Crippen LogP contribution is -2.41. The van der Waals surface area contributed by atoms with Crippen molar-refractivity contribution in [3.05, 3.63) is 17.8 Å². The van der Waals surface area contributed by atoms with Gasteiger partial charge in [-0.05, 0) is 50.7 Å². The van der Waals surface area contributed by atoms with Crippen molar-refractivity contribution in [1.82, 2.24) is 15.1 Å². The first kappa shape index (κ1) is 16.8. The Kier molecular flexibility index (Phi) is 4.63. The Morgan fingerprint density at radius 2 is 1.96 bits per heavy atom.